The maximum absolute atomic E-state index is 14.5. The van der Waals surface area contributed by atoms with Crippen molar-refractivity contribution in [3.63, 3.8) is 0 Å². The molecule has 7 aliphatic rings. The zero-order valence-corrected chi connectivity index (χ0v) is 44.1. The fourth-order valence-corrected chi connectivity index (χ4v) is 12.9. The number of allylic oxidation sites excluding steroid dienone is 2. The lowest BCUT2D eigenvalue weighted by Crippen LogP contribution is -2.56. The predicted molar refractivity (Wildman–Crippen MR) is 287 cm³/mol. The van der Waals surface area contributed by atoms with Crippen LogP contribution in [0.2, 0.25) is 0 Å². The zero-order valence-electron chi connectivity index (χ0n) is 44.1. The summed E-state index contributed by atoms with van der Waals surface area (Å²) in [6, 6.07) is 18.0. The number of methoxy groups -OCH3 is 2. The number of carbonyl (C=O) groups excluding carboxylic acids is 4. The van der Waals surface area contributed by atoms with Gasteiger partial charge in [-0.15, -0.1) is 0 Å². The van der Waals surface area contributed by atoms with Crippen LogP contribution in [0.5, 0.6) is 11.5 Å². The third kappa shape index (κ3) is 9.59. The fraction of sp³-hybridized carbons (Fsp3) is 0.492. The van der Waals surface area contributed by atoms with Crippen molar-refractivity contribution in [1.29, 1.82) is 0 Å². The Morgan fingerprint density at radius 1 is 0.747 bits per heavy atom. The van der Waals surface area contributed by atoms with Gasteiger partial charge in [-0.25, -0.2) is 9.59 Å². The highest BCUT2D eigenvalue weighted by atomic mass is 16.5. The first-order valence-electron chi connectivity index (χ1n) is 27.0. The molecular formula is C59H69N7O9. The molecule has 75 heavy (non-hydrogen) atoms. The van der Waals surface area contributed by atoms with Crippen LogP contribution in [0, 0.1) is 18.8 Å². The monoisotopic (exact) mass is 1020 g/mol. The second-order valence-corrected chi connectivity index (χ2v) is 21.9. The molecule has 16 heteroatoms. The second kappa shape index (κ2) is 20.6. The van der Waals surface area contributed by atoms with Gasteiger partial charge < -0.3 is 48.7 Å². The van der Waals surface area contributed by atoms with Crippen LogP contribution < -0.4 is 20.1 Å². The van der Waals surface area contributed by atoms with Gasteiger partial charge in [-0.05, 0) is 160 Å². The number of fused-ring (bicyclic) bond motifs is 6. The average Bonchev–Trinajstić information content (AvgIpc) is 4.31. The Labute approximate surface area is 438 Å². The molecule has 4 aromatic rings. The van der Waals surface area contributed by atoms with Gasteiger partial charge in [0.05, 0.1) is 56.3 Å². The maximum atomic E-state index is 14.5. The molecule has 11 rings (SSSR count). The molecule has 394 valence electrons. The van der Waals surface area contributed by atoms with Crippen molar-refractivity contribution in [2.45, 2.75) is 141 Å². The average molecular weight is 1020 g/mol. The zero-order chi connectivity index (χ0) is 52.2. The molecule has 3 unspecified atom stereocenters. The number of aryl methyl sites for hydroxylation is 2. The molecule has 3 fully saturated rings. The summed E-state index contributed by atoms with van der Waals surface area (Å²) in [4.78, 5) is 67.1. The number of aliphatic imine (C=N–C) groups is 2. The SMILES string of the molecule is COC(=O)NC(C(=O)N1CCC[C@H]1C1=NC=C(c2ccc3c(c2)cc2n3C(c3ccc4c(c3)CCCO4)Oc3cc(C4=CN=C([C@@H]5CCCN5C(=O)[C@@H](NC(=O)OC)C(C)C)C4)cc(C)c3-2)C1)C1C[C@@H](C)O[C@@H](C)C1. The molecule has 0 saturated carbocycles. The van der Waals surface area contributed by atoms with Gasteiger partial charge in [-0.1, -0.05) is 26.0 Å². The summed E-state index contributed by atoms with van der Waals surface area (Å²) in [5, 5.41) is 6.74. The van der Waals surface area contributed by atoms with E-state index in [2.05, 4.69) is 76.7 Å². The van der Waals surface area contributed by atoms with Crippen LogP contribution in [-0.2, 0) is 30.2 Å². The molecule has 4 amide bonds. The molecule has 8 atom stereocenters. The van der Waals surface area contributed by atoms with Crippen molar-refractivity contribution in [3.8, 4) is 22.8 Å². The number of amides is 4. The van der Waals surface area contributed by atoms with Gasteiger partial charge >= 0.3 is 12.2 Å². The van der Waals surface area contributed by atoms with Crippen molar-refractivity contribution in [2.75, 3.05) is 33.9 Å². The highest BCUT2D eigenvalue weighted by molar-refractivity contribution is 6.06. The number of hydrogen-bond acceptors (Lipinski definition) is 11. The van der Waals surface area contributed by atoms with Crippen LogP contribution in [0.3, 0.4) is 0 Å². The van der Waals surface area contributed by atoms with Gasteiger partial charge in [0.25, 0.3) is 0 Å². The van der Waals surface area contributed by atoms with E-state index in [1.54, 1.807) is 0 Å². The standard InChI is InChI=1S/C59H69N7O9/c1-32(2)53(62-58(69)71-6)55(67)64-18-8-12-47(64)45-27-43(31-61-45)39-21-33(3)52-49-28-40-24-36(14-16-46(40)66(49)57(75-51(52)29-39)38-15-17-50-37(25-38)11-10-20-73-50)42-26-44(60-30-42)48-13-9-19-65(48)56(68)54(63-59(70)72-7)41-22-34(4)74-35(5)23-41/h14-17,21,24-25,28-32,34-35,41,47-48,53-54,57H,8-13,18-20,22-23,26-27H2,1-7H3,(H,62,69)(H,63,70)/t34-,35+,41?,47-,48-,53-,54?,57?/m0/s1. The second-order valence-electron chi connectivity index (χ2n) is 21.9. The Kier molecular flexibility index (Phi) is 13.8. The van der Waals surface area contributed by atoms with Gasteiger partial charge in [-0.2, -0.15) is 0 Å². The van der Waals surface area contributed by atoms with Crippen LogP contribution in [0.1, 0.15) is 120 Å². The van der Waals surface area contributed by atoms with Crippen molar-refractivity contribution in [2.24, 2.45) is 21.8 Å². The molecule has 16 nitrogen and oxygen atoms in total. The normalized spacial score (nSPS) is 24.7. The number of benzene rings is 3. The van der Waals surface area contributed by atoms with E-state index in [0.29, 0.717) is 45.4 Å². The summed E-state index contributed by atoms with van der Waals surface area (Å²) in [5.41, 5.74) is 12.5. The van der Waals surface area contributed by atoms with Crippen LogP contribution in [-0.4, -0.2) is 120 Å². The summed E-state index contributed by atoms with van der Waals surface area (Å²) >= 11 is 0. The van der Waals surface area contributed by atoms with E-state index in [-0.39, 0.29) is 47.9 Å². The molecule has 8 heterocycles. The van der Waals surface area contributed by atoms with Gasteiger partial charge in [0.2, 0.25) is 18.0 Å². The lowest BCUT2D eigenvalue weighted by atomic mass is 9.85. The molecule has 0 aliphatic carbocycles. The first kappa shape index (κ1) is 50.2. The van der Waals surface area contributed by atoms with Crippen LogP contribution >= 0.6 is 0 Å². The quantitative estimate of drug-likeness (QED) is 0.148. The van der Waals surface area contributed by atoms with Crippen LogP contribution in [0.4, 0.5) is 9.59 Å². The van der Waals surface area contributed by atoms with Crippen molar-refractivity contribution in [3.05, 3.63) is 94.8 Å². The topological polar surface area (TPSA) is 175 Å². The van der Waals surface area contributed by atoms with E-state index in [9.17, 15) is 19.2 Å². The number of rotatable bonds is 11. The van der Waals surface area contributed by atoms with E-state index in [1.165, 1.54) is 19.8 Å². The van der Waals surface area contributed by atoms with Crippen molar-refractivity contribution >= 4 is 57.5 Å². The van der Waals surface area contributed by atoms with E-state index in [1.807, 2.05) is 49.9 Å². The summed E-state index contributed by atoms with van der Waals surface area (Å²) in [6.07, 6.45) is 9.92. The Bertz CT molecular complexity index is 3070. The van der Waals surface area contributed by atoms with E-state index in [0.717, 1.165) is 117 Å². The van der Waals surface area contributed by atoms with E-state index in [4.69, 9.17) is 33.7 Å². The molecule has 7 aliphatic heterocycles. The minimum absolute atomic E-state index is 0.0228. The van der Waals surface area contributed by atoms with Gasteiger partial charge in [0.15, 0.2) is 0 Å². The summed E-state index contributed by atoms with van der Waals surface area (Å²) in [7, 11) is 2.64. The summed E-state index contributed by atoms with van der Waals surface area (Å²) < 4.78 is 31.5. The Morgan fingerprint density at radius 2 is 1.41 bits per heavy atom. The fourth-order valence-electron chi connectivity index (χ4n) is 12.9. The summed E-state index contributed by atoms with van der Waals surface area (Å²) in [6.45, 7) is 11.9. The smallest absolute Gasteiger partial charge is 0.407 e. The molecule has 2 N–H and O–H groups in total. The minimum atomic E-state index is -0.719. The Hall–Kier alpha value is -6.94. The van der Waals surface area contributed by atoms with Crippen molar-refractivity contribution < 1.29 is 42.9 Å². The molecule has 1 aromatic heterocycles. The molecule has 0 radical (unpaired) electrons. The van der Waals surface area contributed by atoms with Crippen LogP contribution in [0.25, 0.3) is 33.3 Å². The Balaban J connectivity index is 0.863. The molecule has 3 aromatic carbocycles. The lowest BCUT2D eigenvalue weighted by Gasteiger charge is -2.38. The van der Waals surface area contributed by atoms with Gasteiger partial charge in [0.1, 0.15) is 23.6 Å². The number of aromatic nitrogens is 1. The minimum Gasteiger partial charge on any atom is -0.493 e. The van der Waals surface area contributed by atoms with Crippen molar-refractivity contribution in [1.82, 2.24) is 25.0 Å². The third-order valence-electron chi connectivity index (χ3n) is 16.5. The first-order chi connectivity index (χ1) is 36.3. The molecular weight excluding hydrogens is 951 g/mol. The lowest BCUT2D eigenvalue weighted by molar-refractivity contribution is -0.137. The van der Waals surface area contributed by atoms with E-state index < -0.39 is 30.5 Å². The maximum Gasteiger partial charge on any atom is 0.407 e. The first-order valence-corrected chi connectivity index (χ1v) is 27.0. The number of alkyl carbamates (subject to hydrolysis) is 2. The Morgan fingerprint density at radius 3 is 2.09 bits per heavy atom. The summed E-state index contributed by atoms with van der Waals surface area (Å²) in [5.74, 6) is 1.30. The van der Waals surface area contributed by atoms with Gasteiger partial charge in [0, 0.05) is 66.3 Å². The predicted octanol–water partition coefficient (Wildman–Crippen LogP) is 9.54. The number of carbonyl (C=O) groups is 4. The number of nitrogens with one attached hydrogen (secondary N) is 2. The number of likely N-dealkylation sites (tertiary alicyclic amines) is 2. The number of ether oxygens (including phenoxy) is 5. The highest BCUT2D eigenvalue weighted by Crippen LogP contribution is 2.48. The highest BCUT2D eigenvalue weighted by Gasteiger charge is 2.43. The third-order valence-corrected chi connectivity index (χ3v) is 16.5. The van der Waals surface area contributed by atoms with Crippen LogP contribution in [0.15, 0.2) is 77.0 Å². The number of nitrogens with zero attached hydrogens (tertiary/aromatic N) is 5. The molecule has 0 bridgehead atoms. The van der Waals surface area contributed by atoms with E-state index >= 15 is 0 Å². The molecule has 0 spiro atoms. The van der Waals surface area contributed by atoms with Gasteiger partial charge in [-0.3, -0.25) is 19.6 Å². The molecule has 3 saturated heterocycles. The number of hydrogen-bond donors (Lipinski definition) is 2. The largest absolute Gasteiger partial charge is 0.493 e.